The molecule has 0 aliphatic heterocycles. The number of nitrogens with two attached hydrogens (primary N) is 1. The van der Waals surface area contributed by atoms with Crippen LogP contribution in [-0.2, 0) is 0 Å². The highest BCUT2D eigenvalue weighted by atomic mass is 14.7. The molecule has 86 valence electrons. The first-order valence-electron chi connectivity index (χ1n) is 7.07. The SMILES string of the molecule is C1CC2CCC1C2.N[C@H]1C[C@H]2CC[C@@H]1C2. The fraction of sp³-hybridized carbons (Fsp3) is 1.00. The Hall–Kier alpha value is -0.0400. The van der Waals surface area contributed by atoms with Gasteiger partial charge in [0, 0.05) is 6.04 Å². The highest BCUT2D eigenvalue weighted by molar-refractivity contribution is 4.91. The molecule has 4 fully saturated rings. The predicted octanol–water partition coefficient (Wildman–Crippen LogP) is 3.33. The van der Waals surface area contributed by atoms with E-state index in [-0.39, 0.29) is 0 Å². The van der Waals surface area contributed by atoms with Crippen molar-refractivity contribution in [2.24, 2.45) is 29.4 Å². The van der Waals surface area contributed by atoms with E-state index < -0.39 is 0 Å². The van der Waals surface area contributed by atoms with Gasteiger partial charge >= 0.3 is 0 Å². The summed E-state index contributed by atoms with van der Waals surface area (Å²) in [6.07, 6.45) is 13.5. The van der Waals surface area contributed by atoms with Gasteiger partial charge in [0.05, 0.1) is 0 Å². The lowest BCUT2D eigenvalue weighted by Gasteiger charge is -2.15. The highest BCUT2D eigenvalue weighted by Gasteiger charge is 2.37. The minimum Gasteiger partial charge on any atom is -0.327 e. The van der Waals surface area contributed by atoms with Gasteiger partial charge in [0.1, 0.15) is 0 Å². The van der Waals surface area contributed by atoms with Gasteiger partial charge in [-0.25, -0.2) is 0 Å². The number of fused-ring (bicyclic) bond motifs is 4. The first kappa shape index (κ1) is 10.1. The number of rotatable bonds is 0. The molecule has 4 saturated carbocycles. The molecule has 0 aromatic carbocycles. The third kappa shape index (κ3) is 2.08. The van der Waals surface area contributed by atoms with Crippen LogP contribution in [0, 0.1) is 23.7 Å². The maximum absolute atomic E-state index is 5.82. The minimum atomic E-state index is 0.578. The molecular weight excluding hydrogens is 182 g/mol. The standard InChI is InChI=1S/C7H13N.C7H12/c8-7-4-5-1-2-6(7)3-5;1-2-7-4-3-6(1)5-7/h5-7H,1-4,8H2;6-7H,1-5H2/t5-,6+,7-;/m0./s1. The van der Waals surface area contributed by atoms with Crippen LogP contribution >= 0.6 is 0 Å². The Kier molecular flexibility index (Phi) is 2.76. The average Bonchev–Trinajstić information content (AvgIpc) is 2.99. The van der Waals surface area contributed by atoms with Gasteiger partial charge in [0.25, 0.3) is 0 Å². The Labute approximate surface area is 93.8 Å². The van der Waals surface area contributed by atoms with Crippen molar-refractivity contribution in [3.05, 3.63) is 0 Å². The molecule has 1 heteroatoms. The van der Waals surface area contributed by atoms with E-state index in [1.165, 1.54) is 37.5 Å². The van der Waals surface area contributed by atoms with Crippen LogP contribution in [0.1, 0.15) is 57.8 Å². The third-order valence-electron chi connectivity index (χ3n) is 5.43. The molecule has 15 heavy (non-hydrogen) atoms. The van der Waals surface area contributed by atoms with Crippen LogP contribution < -0.4 is 5.73 Å². The van der Waals surface area contributed by atoms with Gasteiger partial charge in [0.2, 0.25) is 0 Å². The zero-order valence-electron chi connectivity index (χ0n) is 9.83. The third-order valence-corrected chi connectivity index (χ3v) is 5.43. The second kappa shape index (κ2) is 4.08. The molecular formula is C14H25N. The molecule has 0 amide bonds. The number of hydrogen-bond donors (Lipinski definition) is 1. The summed E-state index contributed by atoms with van der Waals surface area (Å²) in [5, 5.41) is 0. The second-order valence-electron chi connectivity index (χ2n) is 6.46. The molecule has 4 aliphatic carbocycles. The normalized spacial score (nSPS) is 50.6. The molecule has 0 saturated heterocycles. The number of hydrogen-bond acceptors (Lipinski definition) is 1. The summed E-state index contributed by atoms with van der Waals surface area (Å²) in [5.74, 6) is 4.28. The van der Waals surface area contributed by atoms with Gasteiger partial charge in [-0.2, -0.15) is 0 Å². The predicted molar refractivity (Wildman–Crippen MR) is 63.5 cm³/mol. The molecule has 0 radical (unpaired) electrons. The van der Waals surface area contributed by atoms with Crippen LogP contribution in [0.15, 0.2) is 0 Å². The van der Waals surface area contributed by atoms with Gasteiger partial charge in [-0.1, -0.05) is 32.1 Å². The molecule has 0 heterocycles. The molecule has 4 bridgehead atoms. The van der Waals surface area contributed by atoms with Crippen molar-refractivity contribution in [2.75, 3.05) is 0 Å². The van der Waals surface area contributed by atoms with Crippen molar-refractivity contribution in [1.29, 1.82) is 0 Å². The smallest absolute Gasteiger partial charge is 0.00699 e. The quantitative estimate of drug-likeness (QED) is 0.648. The zero-order valence-corrected chi connectivity index (χ0v) is 9.83. The molecule has 0 unspecified atom stereocenters. The summed E-state index contributed by atoms with van der Waals surface area (Å²) < 4.78 is 0. The summed E-state index contributed by atoms with van der Waals surface area (Å²) >= 11 is 0. The Morgan fingerprint density at radius 3 is 1.40 bits per heavy atom. The summed E-state index contributed by atoms with van der Waals surface area (Å²) in [6, 6.07) is 0.578. The van der Waals surface area contributed by atoms with Gasteiger partial charge in [0.15, 0.2) is 0 Å². The first-order valence-corrected chi connectivity index (χ1v) is 7.07. The minimum absolute atomic E-state index is 0.578. The summed E-state index contributed by atoms with van der Waals surface area (Å²) in [4.78, 5) is 0. The summed E-state index contributed by atoms with van der Waals surface area (Å²) in [6.45, 7) is 0. The Balaban J connectivity index is 0.0000000971. The average molecular weight is 207 g/mol. The van der Waals surface area contributed by atoms with Crippen molar-refractivity contribution < 1.29 is 0 Å². The molecule has 0 aromatic rings. The van der Waals surface area contributed by atoms with Crippen LogP contribution in [-0.4, -0.2) is 6.04 Å². The van der Waals surface area contributed by atoms with E-state index in [9.17, 15) is 0 Å². The lowest BCUT2D eigenvalue weighted by molar-refractivity contribution is 0.418. The maximum Gasteiger partial charge on any atom is 0.00699 e. The second-order valence-corrected chi connectivity index (χ2v) is 6.46. The van der Waals surface area contributed by atoms with Gasteiger partial charge in [-0.15, -0.1) is 0 Å². The van der Waals surface area contributed by atoms with Crippen molar-refractivity contribution >= 4 is 0 Å². The van der Waals surface area contributed by atoms with Crippen molar-refractivity contribution in [1.82, 2.24) is 0 Å². The molecule has 0 spiro atoms. The van der Waals surface area contributed by atoms with E-state index in [1.54, 1.807) is 32.1 Å². The Bertz CT molecular complexity index is 205. The van der Waals surface area contributed by atoms with Gasteiger partial charge in [-0.3, -0.25) is 0 Å². The van der Waals surface area contributed by atoms with E-state index in [0.717, 1.165) is 11.8 Å². The van der Waals surface area contributed by atoms with E-state index in [1.807, 2.05) is 0 Å². The zero-order chi connectivity index (χ0) is 10.3. The van der Waals surface area contributed by atoms with E-state index >= 15 is 0 Å². The Morgan fingerprint density at radius 1 is 0.600 bits per heavy atom. The van der Waals surface area contributed by atoms with Crippen LogP contribution in [0.2, 0.25) is 0 Å². The monoisotopic (exact) mass is 207 g/mol. The fourth-order valence-corrected chi connectivity index (χ4v) is 4.47. The molecule has 4 rings (SSSR count). The fourth-order valence-electron chi connectivity index (χ4n) is 4.47. The maximum atomic E-state index is 5.82. The summed E-state index contributed by atoms with van der Waals surface area (Å²) in [5.41, 5.74) is 5.82. The lowest BCUT2D eigenvalue weighted by Crippen LogP contribution is -2.26. The molecule has 1 nitrogen and oxygen atoms in total. The Morgan fingerprint density at radius 2 is 1.20 bits per heavy atom. The molecule has 3 atom stereocenters. The van der Waals surface area contributed by atoms with Crippen LogP contribution in [0.5, 0.6) is 0 Å². The van der Waals surface area contributed by atoms with Crippen molar-refractivity contribution in [3.8, 4) is 0 Å². The topological polar surface area (TPSA) is 26.0 Å². The first-order chi connectivity index (χ1) is 7.31. The van der Waals surface area contributed by atoms with Crippen LogP contribution in [0.4, 0.5) is 0 Å². The van der Waals surface area contributed by atoms with Crippen molar-refractivity contribution in [2.45, 2.75) is 63.8 Å². The van der Waals surface area contributed by atoms with Crippen LogP contribution in [0.3, 0.4) is 0 Å². The van der Waals surface area contributed by atoms with E-state index in [2.05, 4.69) is 0 Å². The molecule has 4 aliphatic rings. The van der Waals surface area contributed by atoms with Crippen LogP contribution in [0.25, 0.3) is 0 Å². The van der Waals surface area contributed by atoms with E-state index in [4.69, 9.17) is 5.73 Å². The highest BCUT2D eigenvalue weighted by Crippen LogP contribution is 2.44. The van der Waals surface area contributed by atoms with Crippen molar-refractivity contribution in [3.63, 3.8) is 0 Å². The summed E-state index contributed by atoms with van der Waals surface area (Å²) in [7, 11) is 0. The van der Waals surface area contributed by atoms with Gasteiger partial charge < -0.3 is 5.73 Å². The van der Waals surface area contributed by atoms with Gasteiger partial charge in [-0.05, 0) is 49.4 Å². The van der Waals surface area contributed by atoms with E-state index in [0.29, 0.717) is 6.04 Å². The molecule has 0 aromatic heterocycles. The lowest BCUT2D eigenvalue weighted by atomic mass is 9.96. The largest absolute Gasteiger partial charge is 0.327 e. The molecule has 2 N–H and O–H groups in total.